The van der Waals surface area contributed by atoms with E-state index in [1.807, 2.05) is 66.7 Å². The molecule has 1 aromatic heterocycles. The van der Waals surface area contributed by atoms with Gasteiger partial charge in [0.05, 0.1) is 40.9 Å². The average molecular weight is 589 g/mol. The number of methoxy groups -OCH3 is 1. The third-order valence-corrected chi connectivity index (χ3v) is 9.61. The molecular formula is C34H45BN2O6. The van der Waals surface area contributed by atoms with Crippen molar-refractivity contribution in [3.8, 4) is 0 Å². The molecule has 43 heavy (non-hydrogen) atoms. The molecule has 0 radical (unpaired) electrons. The molecule has 1 atom stereocenters. The summed E-state index contributed by atoms with van der Waals surface area (Å²) in [5.74, 6) is 0.175. The van der Waals surface area contributed by atoms with E-state index in [0.29, 0.717) is 39.1 Å². The minimum atomic E-state index is -0.792. The standard InChI is InChI=1S/C34H45BN2O6/c1-20-18-24(29-25(19-20)28(38)21(2)30(41-29)37-16-14-32(4,5)15-17-37)22(3)36-26-13-11-12-23(31(39)40-10)27(26)35-42-33(6,7)34(8,9)43-35/h11-13,18-19,22,36H,14-17H2,1-10H3. The van der Waals surface area contributed by atoms with Gasteiger partial charge in [0.1, 0.15) is 5.58 Å². The van der Waals surface area contributed by atoms with Gasteiger partial charge >= 0.3 is 13.1 Å². The van der Waals surface area contributed by atoms with E-state index >= 15 is 0 Å². The molecule has 230 valence electrons. The number of anilines is 2. The zero-order chi connectivity index (χ0) is 31.5. The van der Waals surface area contributed by atoms with Crippen LogP contribution in [-0.2, 0) is 14.0 Å². The SMILES string of the molecule is COC(=O)c1cccc(NC(C)c2cc(C)cc3c(=O)c(C)c(N4CCC(C)(C)CC4)oc23)c1B1OC(C)(C)C(C)(C)O1. The van der Waals surface area contributed by atoms with Gasteiger partial charge in [0.25, 0.3) is 0 Å². The van der Waals surface area contributed by atoms with Gasteiger partial charge in [-0.2, -0.15) is 0 Å². The van der Waals surface area contributed by atoms with E-state index in [4.69, 9.17) is 18.5 Å². The number of rotatable bonds is 6. The summed E-state index contributed by atoms with van der Waals surface area (Å²) in [5, 5.41) is 4.16. The van der Waals surface area contributed by atoms with Crippen molar-refractivity contribution in [1.82, 2.24) is 0 Å². The zero-order valence-electron chi connectivity index (χ0n) is 27.3. The molecule has 0 bridgehead atoms. The van der Waals surface area contributed by atoms with Gasteiger partial charge < -0.3 is 28.7 Å². The molecule has 2 saturated heterocycles. The number of fused-ring (bicyclic) bond motifs is 1. The first kappa shape index (κ1) is 31.1. The minimum absolute atomic E-state index is 0.0103. The van der Waals surface area contributed by atoms with Crippen LogP contribution < -0.4 is 21.1 Å². The third kappa shape index (κ3) is 5.69. The number of piperidine rings is 1. The van der Waals surface area contributed by atoms with Crippen molar-refractivity contribution >= 4 is 41.1 Å². The van der Waals surface area contributed by atoms with E-state index in [9.17, 15) is 9.59 Å². The number of nitrogens with one attached hydrogen (secondary N) is 1. The van der Waals surface area contributed by atoms with Crippen LogP contribution in [0.3, 0.4) is 0 Å². The van der Waals surface area contributed by atoms with Crippen molar-refractivity contribution in [2.75, 3.05) is 30.4 Å². The summed E-state index contributed by atoms with van der Waals surface area (Å²) in [5.41, 5.74) is 3.71. The van der Waals surface area contributed by atoms with Crippen LogP contribution in [0.5, 0.6) is 0 Å². The van der Waals surface area contributed by atoms with Gasteiger partial charge in [-0.25, -0.2) is 4.79 Å². The summed E-state index contributed by atoms with van der Waals surface area (Å²) in [6, 6.07) is 9.10. The first-order valence-electron chi connectivity index (χ1n) is 15.2. The third-order valence-electron chi connectivity index (χ3n) is 9.61. The van der Waals surface area contributed by atoms with Gasteiger partial charge in [-0.1, -0.05) is 26.0 Å². The molecule has 2 aliphatic rings. The van der Waals surface area contributed by atoms with Gasteiger partial charge in [0.2, 0.25) is 5.88 Å². The van der Waals surface area contributed by atoms with Gasteiger partial charge in [-0.3, -0.25) is 4.79 Å². The van der Waals surface area contributed by atoms with Crippen molar-refractivity contribution in [3.05, 3.63) is 62.8 Å². The van der Waals surface area contributed by atoms with E-state index in [-0.39, 0.29) is 16.9 Å². The number of benzene rings is 2. The Balaban J connectivity index is 1.59. The van der Waals surface area contributed by atoms with Crippen molar-refractivity contribution in [2.24, 2.45) is 5.41 Å². The van der Waals surface area contributed by atoms with E-state index in [0.717, 1.165) is 37.1 Å². The van der Waals surface area contributed by atoms with Crippen LogP contribution in [0.1, 0.15) is 94.4 Å². The number of ether oxygens (including phenoxy) is 1. The monoisotopic (exact) mass is 588 g/mol. The number of hydrogen-bond donors (Lipinski definition) is 1. The maximum Gasteiger partial charge on any atom is 0.497 e. The van der Waals surface area contributed by atoms with Gasteiger partial charge in [0, 0.05) is 29.8 Å². The van der Waals surface area contributed by atoms with E-state index in [2.05, 4.69) is 30.1 Å². The lowest BCUT2D eigenvalue weighted by Crippen LogP contribution is -2.41. The largest absolute Gasteiger partial charge is 0.497 e. The van der Waals surface area contributed by atoms with Crippen LogP contribution >= 0.6 is 0 Å². The van der Waals surface area contributed by atoms with Crippen LogP contribution in [0.2, 0.25) is 0 Å². The number of carbonyl (C=O) groups excluding carboxylic acids is 1. The molecule has 2 aliphatic heterocycles. The number of hydrogen-bond acceptors (Lipinski definition) is 8. The van der Waals surface area contributed by atoms with E-state index < -0.39 is 24.3 Å². The second-order valence-electron chi connectivity index (χ2n) is 14.0. The molecule has 0 saturated carbocycles. The fourth-order valence-electron chi connectivity index (χ4n) is 6.00. The highest BCUT2D eigenvalue weighted by Crippen LogP contribution is 2.39. The number of esters is 1. The van der Waals surface area contributed by atoms with Crippen LogP contribution in [-0.4, -0.2) is 44.5 Å². The Morgan fingerprint density at radius 3 is 2.26 bits per heavy atom. The molecule has 9 heteroatoms. The lowest BCUT2D eigenvalue weighted by atomic mass is 9.74. The lowest BCUT2D eigenvalue weighted by molar-refractivity contribution is 0.00578. The summed E-state index contributed by atoms with van der Waals surface area (Å²) in [7, 11) is 0.572. The fourth-order valence-corrected chi connectivity index (χ4v) is 6.00. The molecule has 1 N–H and O–H groups in total. The van der Waals surface area contributed by atoms with Crippen LogP contribution in [0.15, 0.2) is 39.5 Å². The molecule has 0 amide bonds. The number of nitrogens with zero attached hydrogens (tertiary/aromatic N) is 1. The quantitative estimate of drug-likeness (QED) is 0.265. The van der Waals surface area contributed by atoms with Crippen LogP contribution in [0, 0.1) is 19.3 Å². The summed E-state index contributed by atoms with van der Waals surface area (Å²) in [6.07, 6.45) is 2.07. The molecule has 1 unspecified atom stereocenters. The van der Waals surface area contributed by atoms with Gasteiger partial charge in [0.15, 0.2) is 5.43 Å². The molecule has 2 fully saturated rings. The second-order valence-corrected chi connectivity index (χ2v) is 14.0. The fraction of sp³-hybridized carbons (Fsp3) is 0.529. The first-order chi connectivity index (χ1) is 20.0. The second kappa shape index (κ2) is 11.0. The summed E-state index contributed by atoms with van der Waals surface area (Å²) < 4.78 is 24.6. The minimum Gasteiger partial charge on any atom is -0.465 e. The predicted octanol–water partition coefficient (Wildman–Crippen LogP) is 6.30. The Morgan fingerprint density at radius 2 is 1.65 bits per heavy atom. The van der Waals surface area contributed by atoms with Crippen LogP contribution in [0.25, 0.3) is 11.0 Å². The Hall–Kier alpha value is -3.30. The summed E-state index contributed by atoms with van der Waals surface area (Å²) in [6.45, 7) is 20.0. The highest BCUT2D eigenvalue weighted by atomic mass is 16.7. The summed E-state index contributed by atoms with van der Waals surface area (Å²) in [4.78, 5) is 28.8. The molecule has 3 heterocycles. The normalized spacial score (nSPS) is 19.9. The smallest absolute Gasteiger partial charge is 0.465 e. The Bertz CT molecular complexity index is 1600. The van der Waals surface area contributed by atoms with E-state index in [1.165, 1.54) is 7.11 Å². The Morgan fingerprint density at radius 1 is 1.02 bits per heavy atom. The molecule has 8 nitrogen and oxygen atoms in total. The van der Waals surface area contributed by atoms with Crippen molar-refractivity contribution in [2.45, 2.75) is 92.4 Å². The predicted molar refractivity (Wildman–Crippen MR) is 173 cm³/mol. The Labute approximate surface area is 255 Å². The average Bonchev–Trinajstić information content (AvgIpc) is 3.16. The van der Waals surface area contributed by atoms with Crippen molar-refractivity contribution in [3.63, 3.8) is 0 Å². The molecule has 5 rings (SSSR count). The summed E-state index contributed by atoms with van der Waals surface area (Å²) >= 11 is 0. The zero-order valence-corrected chi connectivity index (χ0v) is 27.3. The maximum absolute atomic E-state index is 13.7. The highest BCUT2D eigenvalue weighted by molar-refractivity contribution is 6.65. The van der Waals surface area contributed by atoms with Crippen molar-refractivity contribution in [1.29, 1.82) is 0 Å². The highest BCUT2D eigenvalue weighted by Gasteiger charge is 2.53. The van der Waals surface area contributed by atoms with Crippen molar-refractivity contribution < 1.29 is 23.3 Å². The molecular weight excluding hydrogens is 543 g/mol. The molecule has 0 aliphatic carbocycles. The Kier molecular flexibility index (Phi) is 7.97. The van der Waals surface area contributed by atoms with E-state index in [1.54, 1.807) is 6.07 Å². The van der Waals surface area contributed by atoms with Gasteiger partial charge in [-0.15, -0.1) is 0 Å². The maximum atomic E-state index is 13.7. The molecule has 3 aromatic rings. The van der Waals surface area contributed by atoms with Crippen LogP contribution in [0.4, 0.5) is 11.6 Å². The molecule has 0 spiro atoms. The topological polar surface area (TPSA) is 90.2 Å². The first-order valence-corrected chi connectivity index (χ1v) is 15.2. The number of carbonyl (C=O) groups is 1. The lowest BCUT2D eigenvalue weighted by Gasteiger charge is -2.37. The number of aryl methyl sites for hydroxylation is 1. The molecule has 2 aromatic carbocycles. The van der Waals surface area contributed by atoms with Gasteiger partial charge in [-0.05, 0) is 90.5 Å².